The zero-order valence-electron chi connectivity index (χ0n) is 9.09. The Hall–Kier alpha value is -0.380. The fourth-order valence-electron chi connectivity index (χ4n) is 1.39. The molecule has 1 atom stereocenters. The number of halogens is 1. The molecule has 1 aromatic rings. The van der Waals surface area contributed by atoms with Gasteiger partial charge in [-0.15, -0.1) is 11.6 Å². The molecule has 1 N–H and O–H groups in total. The Labute approximate surface area is 99.7 Å². The fraction of sp³-hybridized carbons (Fsp3) is 0.400. The number of hydrogen-bond acceptors (Lipinski definition) is 4. The van der Waals surface area contributed by atoms with Gasteiger partial charge in [0.1, 0.15) is 0 Å². The maximum atomic E-state index is 12.2. The zero-order valence-corrected chi connectivity index (χ0v) is 10.7. The summed E-state index contributed by atoms with van der Waals surface area (Å²) in [6.45, 7) is 0. The van der Waals surface area contributed by atoms with Crippen molar-refractivity contribution < 1.29 is 18.7 Å². The molecule has 6 heteroatoms. The fourth-order valence-corrected chi connectivity index (χ4v) is 3.35. The van der Waals surface area contributed by atoms with E-state index in [0.29, 0.717) is 5.56 Å². The van der Waals surface area contributed by atoms with Crippen LogP contribution >= 0.6 is 19.2 Å². The van der Waals surface area contributed by atoms with Gasteiger partial charge in [0.05, 0.1) is 5.88 Å². The van der Waals surface area contributed by atoms with Crippen LogP contribution in [0.3, 0.4) is 0 Å². The van der Waals surface area contributed by atoms with E-state index >= 15 is 0 Å². The maximum Gasteiger partial charge on any atom is 0.367 e. The molecular formula is C10H14ClO4P. The normalized spacial score (nSPS) is 15.8. The minimum atomic E-state index is -3.70. The predicted molar refractivity (Wildman–Crippen MR) is 62.7 cm³/mol. The van der Waals surface area contributed by atoms with Crippen LogP contribution in [0.1, 0.15) is 5.56 Å². The summed E-state index contributed by atoms with van der Waals surface area (Å²) in [7, 11) is -1.28. The summed E-state index contributed by atoms with van der Waals surface area (Å²) in [5.41, 5.74) is 0.400. The highest BCUT2D eigenvalue weighted by molar-refractivity contribution is 7.55. The third-order valence-electron chi connectivity index (χ3n) is 2.36. The second-order valence-electron chi connectivity index (χ2n) is 3.18. The summed E-state index contributed by atoms with van der Waals surface area (Å²) in [6.07, 6.45) is 0. The standard InChI is InChI=1S/C10H14ClO4P/c1-14-16(13,15-2)10(12,8-11)9-6-4-3-5-7-9/h3-7,12H,8H2,1-2H3. The van der Waals surface area contributed by atoms with Crippen molar-refractivity contribution >= 4 is 19.2 Å². The topological polar surface area (TPSA) is 55.8 Å². The minimum Gasteiger partial charge on any atom is -0.372 e. The lowest BCUT2D eigenvalue weighted by molar-refractivity contribution is 0.0962. The van der Waals surface area contributed by atoms with Crippen molar-refractivity contribution in [3.63, 3.8) is 0 Å². The monoisotopic (exact) mass is 264 g/mol. The molecule has 0 aliphatic heterocycles. The summed E-state index contributed by atoms with van der Waals surface area (Å²) >= 11 is 5.70. The maximum absolute atomic E-state index is 12.2. The van der Waals surface area contributed by atoms with E-state index in [4.69, 9.17) is 20.6 Å². The van der Waals surface area contributed by atoms with Crippen LogP contribution in [0.2, 0.25) is 0 Å². The van der Waals surface area contributed by atoms with Crippen molar-refractivity contribution in [2.24, 2.45) is 0 Å². The van der Waals surface area contributed by atoms with Gasteiger partial charge >= 0.3 is 7.60 Å². The third-order valence-corrected chi connectivity index (χ3v) is 5.21. The lowest BCUT2D eigenvalue weighted by atomic mass is 10.1. The summed E-state index contributed by atoms with van der Waals surface area (Å²) in [5.74, 6) is -0.282. The van der Waals surface area contributed by atoms with Gasteiger partial charge in [-0.3, -0.25) is 4.57 Å². The van der Waals surface area contributed by atoms with E-state index in [2.05, 4.69) is 0 Å². The predicted octanol–water partition coefficient (Wildman–Crippen LogP) is 2.56. The molecule has 0 amide bonds. The SMILES string of the molecule is COP(=O)(OC)C(O)(CCl)c1ccccc1. The summed E-state index contributed by atoms with van der Waals surface area (Å²) < 4.78 is 21.8. The first-order chi connectivity index (χ1) is 7.54. The number of hydrogen-bond donors (Lipinski definition) is 1. The highest BCUT2D eigenvalue weighted by Gasteiger charge is 2.49. The Morgan fingerprint density at radius 1 is 1.31 bits per heavy atom. The third kappa shape index (κ3) is 2.17. The number of benzene rings is 1. The lowest BCUT2D eigenvalue weighted by Gasteiger charge is -2.31. The zero-order chi connectivity index (χ0) is 12.2. The average molecular weight is 265 g/mol. The largest absolute Gasteiger partial charge is 0.372 e. The van der Waals surface area contributed by atoms with E-state index < -0.39 is 12.9 Å². The van der Waals surface area contributed by atoms with Gasteiger partial charge in [0.15, 0.2) is 0 Å². The Bertz CT molecular complexity index is 376. The number of alkyl halides is 1. The van der Waals surface area contributed by atoms with Gasteiger partial charge in [0.25, 0.3) is 0 Å². The lowest BCUT2D eigenvalue weighted by Crippen LogP contribution is -2.29. The molecule has 0 spiro atoms. The smallest absolute Gasteiger partial charge is 0.367 e. The van der Waals surface area contributed by atoms with Gasteiger partial charge < -0.3 is 14.2 Å². The molecule has 0 saturated heterocycles. The van der Waals surface area contributed by atoms with E-state index in [9.17, 15) is 9.67 Å². The van der Waals surface area contributed by atoms with Crippen LogP contribution in [0.25, 0.3) is 0 Å². The highest BCUT2D eigenvalue weighted by atomic mass is 35.5. The molecule has 1 aromatic carbocycles. The van der Waals surface area contributed by atoms with Gasteiger partial charge in [-0.1, -0.05) is 30.3 Å². The molecule has 0 saturated carbocycles. The van der Waals surface area contributed by atoms with Crippen molar-refractivity contribution in [1.29, 1.82) is 0 Å². The molecule has 0 radical (unpaired) electrons. The van der Waals surface area contributed by atoms with Gasteiger partial charge in [-0.05, 0) is 5.56 Å². The Morgan fingerprint density at radius 2 is 1.81 bits per heavy atom. The van der Waals surface area contributed by atoms with Gasteiger partial charge in [-0.25, -0.2) is 0 Å². The van der Waals surface area contributed by atoms with Gasteiger partial charge in [0, 0.05) is 14.2 Å². The van der Waals surface area contributed by atoms with E-state index in [1.807, 2.05) is 0 Å². The van der Waals surface area contributed by atoms with Crippen LogP contribution in [0.15, 0.2) is 30.3 Å². The van der Waals surface area contributed by atoms with Crippen LogP contribution in [-0.4, -0.2) is 25.2 Å². The quantitative estimate of drug-likeness (QED) is 0.656. The molecular weight excluding hydrogens is 251 g/mol. The summed E-state index contributed by atoms with van der Waals surface area (Å²) in [6, 6.07) is 8.44. The Morgan fingerprint density at radius 3 is 2.19 bits per heavy atom. The van der Waals surface area contributed by atoms with Crippen LogP contribution in [0.4, 0.5) is 0 Å². The first-order valence-corrected chi connectivity index (χ1v) is 6.67. The molecule has 0 heterocycles. The van der Waals surface area contributed by atoms with Crippen molar-refractivity contribution in [2.75, 3.05) is 20.1 Å². The first kappa shape index (κ1) is 13.7. The first-order valence-electron chi connectivity index (χ1n) is 4.59. The molecule has 0 bridgehead atoms. The van der Waals surface area contributed by atoms with E-state index in [1.165, 1.54) is 14.2 Å². The number of aliphatic hydroxyl groups is 1. The summed E-state index contributed by atoms with van der Waals surface area (Å²) in [4.78, 5) is 0. The number of rotatable bonds is 5. The second-order valence-corrected chi connectivity index (χ2v) is 5.91. The minimum absolute atomic E-state index is 0.282. The molecule has 0 aliphatic rings. The molecule has 0 aromatic heterocycles. The van der Waals surface area contributed by atoms with E-state index in [1.54, 1.807) is 30.3 Å². The van der Waals surface area contributed by atoms with E-state index in [0.717, 1.165) is 0 Å². The second kappa shape index (κ2) is 5.30. The van der Waals surface area contributed by atoms with Gasteiger partial charge in [0.2, 0.25) is 5.34 Å². The molecule has 4 nitrogen and oxygen atoms in total. The van der Waals surface area contributed by atoms with Crippen molar-refractivity contribution in [2.45, 2.75) is 5.34 Å². The molecule has 1 rings (SSSR count). The molecule has 16 heavy (non-hydrogen) atoms. The molecule has 1 unspecified atom stereocenters. The van der Waals surface area contributed by atoms with Crippen LogP contribution in [0.5, 0.6) is 0 Å². The highest BCUT2D eigenvalue weighted by Crippen LogP contribution is 2.62. The Balaban J connectivity index is 3.27. The van der Waals surface area contributed by atoms with Crippen LogP contribution in [-0.2, 0) is 19.0 Å². The summed E-state index contributed by atoms with van der Waals surface area (Å²) in [5, 5.41) is 8.53. The molecule has 0 aliphatic carbocycles. The van der Waals surface area contributed by atoms with Crippen molar-refractivity contribution in [1.82, 2.24) is 0 Å². The van der Waals surface area contributed by atoms with Gasteiger partial charge in [-0.2, -0.15) is 0 Å². The molecule has 0 fully saturated rings. The average Bonchev–Trinajstić information content (AvgIpc) is 2.37. The Kier molecular flexibility index (Phi) is 4.53. The van der Waals surface area contributed by atoms with Crippen molar-refractivity contribution in [3.8, 4) is 0 Å². The van der Waals surface area contributed by atoms with E-state index in [-0.39, 0.29) is 5.88 Å². The van der Waals surface area contributed by atoms with Crippen molar-refractivity contribution in [3.05, 3.63) is 35.9 Å². The molecule has 90 valence electrons. The van der Waals surface area contributed by atoms with Crippen LogP contribution < -0.4 is 0 Å². The van der Waals surface area contributed by atoms with Crippen LogP contribution in [0, 0.1) is 0 Å².